The van der Waals surface area contributed by atoms with Crippen LogP contribution in [0, 0.1) is 0 Å². The van der Waals surface area contributed by atoms with E-state index in [2.05, 4.69) is 20.6 Å². The molecule has 1 aromatic heterocycles. The first-order valence-corrected chi connectivity index (χ1v) is 5.40. The number of nitrogen functional groups attached to an aromatic ring is 1. The van der Waals surface area contributed by atoms with Crippen molar-refractivity contribution in [3.63, 3.8) is 0 Å². The largest absolute Gasteiger partial charge is 0.393 e. The summed E-state index contributed by atoms with van der Waals surface area (Å²) in [6, 6.07) is 1.77. The highest BCUT2D eigenvalue weighted by atomic mass is 16.3. The lowest BCUT2D eigenvalue weighted by atomic mass is 10.2. The molecule has 0 radical (unpaired) electrons. The average molecular weight is 225 g/mol. The van der Waals surface area contributed by atoms with Gasteiger partial charge in [-0.1, -0.05) is 6.92 Å². The molecule has 6 nitrogen and oxygen atoms in total. The van der Waals surface area contributed by atoms with Crippen molar-refractivity contribution in [2.24, 2.45) is 0 Å². The van der Waals surface area contributed by atoms with Gasteiger partial charge in [0.2, 0.25) is 5.95 Å². The van der Waals surface area contributed by atoms with Crippen LogP contribution in [0.25, 0.3) is 0 Å². The highest BCUT2D eigenvalue weighted by Gasteiger charge is 2.02. The van der Waals surface area contributed by atoms with E-state index in [0.717, 1.165) is 6.42 Å². The summed E-state index contributed by atoms with van der Waals surface area (Å²) in [7, 11) is 1.77. The summed E-state index contributed by atoms with van der Waals surface area (Å²) in [5.74, 6) is 1.57. The summed E-state index contributed by atoms with van der Waals surface area (Å²) in [6.45, 7) is 2.61. The number of anilines is 3. The van der Waals surface area contributed by atoms with Crippen molar-refractivity contribution in [3.05, 3.63) is 6.07 Å². The summed E-state index contributed by atoms with van der Waals surface area (Å²) in [6.07, 6.45) is 1.18. The standard InChI is InChI=1S/C10H19N5O/c1-3-7(16)4-5-13-9-6-8(12-2)14-10(11)15-9/h6-7,16H,3-5H2,1-2H3,(H4,11,12,13,14,15). The van der Waals surface area contributed by atoms with Crippen LogP contribution >= 0.6 is 0 Å². The van der Waals surface area contributed by atoms with Crippen LogP contribution in [0.4, 0.5) is 17.6 Å². The van der Waals surface area contributed by atoms with Gasteiger partial charge in [-0.05, 0) is 12.8 Å². The Morgan fingerprint density at radius 2 is 2.12 bits per heavy atom. The number of nitrogens with zero attached hydrogens (tertiary/aromatic N) is 2. The topological polar surface area (TPSA) is 96.1 Å². The van der Waals surface area contributed by atoms with Crippen LogP contribution in [0.5, 0.6) is 0 Å². The normalized spacial score (nSPS) is 12.2. The predicted octanol–water partition coefficient (Wildman–Crippen LogP) is 0.673. The predicted molar refractivity (Wildman–Crippen MR) is 65.4 cm³/mol. The Bertz CT molecular complexity index is 331. The van der Waals surface area contributed by atoms with E-state index in [9.17, 15) is 5.11 Å². The Hall–Kier alpha value is -1.56. The van der Waals surface area contributed by atoms with Crippen molar-refractivity contribution in [2.75, 3.05) is 30.0 Å². The Labute approximate surface area is 95.3 Å². The monoisotopic (exact) mass is 225 g/mol. The van der Waals surface area contributed by atoms with Gasteiger partial charge < -0.3 is 21.5 Å². The van der Waals surface area contributed by atoms with Crippen LogP contribution in [0.3, 0.4) is 0 Å². The van der Waals surface area contributed by atoms with Crippen LogP contribution in [-0.2, 0) is 0 Å². The molecule has 90 valence electrons. The third kappa shape index (κ3) is 3.90. The number of nitrogens with two attached hydrogens (primary N) is 1. The number of aromatic nitrogens is 2. The molecule has 1 heterocycles. The Kier molecular flexibility index (Phi) is 4.78. The minimum absolute atomic E-state index is 0.227. The molecule has 1 aromatic rings. The van der Waals surface area contributed by atoms with Crippen molar-refractivity contribution >= 4 is 17.6 Å². The molecule has 1 unspecified atom stereocenters. The van der Waals surface area contributed by atoms with Gasteiger partial charge in [-0.25, -0.2) is 0 Å². The van der Waals surface area contributed by atoms with Gasteiger partial charge in [0.05, 0.1) is 6.10 Å². The zero-order valence-corrected chi connectivity index (χ0v) is 9.70. The van der Waals surface area contributed by atoms with Crippen LogP contribution < -0.4 is 16.4 Å². The lowest BCUT2D eigenvalue weighted by molar-refractivity contribution is 0.164. The van der Waals surface area contributed by atoms with Gasteiger partial charge in [0.15, 0.2) is 0 Å². The molecular formula is C10H19N5O. The molecule has 0 aliphatic carbocycles. The quantitative estimate of drug-likeness (QED) is 0.568. The van der Waals surface area contributed by atoms with Crippen molar-refractivity contribution in [2.45, 2.75) is 25.9 Å². The van der Waals surface area contributed by atoms with Gasteiger partial charge in [-0.15, -0.1) is 0 Å². The van der Waals surface area contributed by atoms with E-state index >= 15 is 0 Å². The highest BCUT2D eigenvalue weighted by Crippen LogP contribution is 2.11. The maximum atomic E-state index is 9.38. The molecule has 1 rings (SSSR count). The Balaban J connectivity index is 2.50. The minimum Gasteiger partial charge on any atom is -0.393 e. The number of hydrogen-bond acceptors (Lipinski definition) is 6. The van der Waals surface area contributed by atoms with Crippen LogP contribution in [-0.4, -0.2) is 34.8 Å². The van der Waals surface area contributed by atoms with Gasteiger partial charge in [0.25, 0.3) is 0 Å². The first kappa shape index (κ1) is 12.5. The second kappa shape index (κ2) is 6.12. The number of aliphatic hydroxyl groups excluding tert-OH is 1. The molecule has 0 aliphatic heterocycles. The molecule has 0 aromatic carbocycles. The van der Waals surface area contributed by atoms with Crippen molar-refractivity contribution in [3.8, 4) is 0 Å². The molecule has 0 bridgehead atoms. The van der Waals surface area contributed by atoms with Gasteiger partial charge in [-0.3, -0.25) is 0 Å². The third-order valence-electron chi connectivity index (χ3n) is 2.25. The molecule has 0 fully saturated rings. The fourth-order valence-electron chi connectivity index (χ4n) is 1.26. The van der Waals surface area contributed by atoms with Gasteiger partial charge in [0.1, 0.15) is 11.6 Å². The molecule has 0 saturated heterocycles. The van der Waals surface area contributed by atoms with Crippen molar-refractivity contribution < 1.29 is 5.11 Å². The second-order valence-electron chi connectivity index (χ2n) is 3.52. The van der Waals surface area contributed by atoms with E-state index in [1.54, 1.807) is 13.1 Å². The minimum atomic E-state index is -0.268. The van der Waals surface area contributed by atoms with Gasteiger partial charge in [-0.2, -0.15) is 9.97 Å². The van der Waals surface area contributed by atoms with E-state index in [0.29, 0.717) is 24.6 Å². The van der Waals surface area contributed by atoms with E-state index in [1.165, 1.54) is 0 Å². The summed E-state index contributed by atoms with van der Waals surface area (Å²) >= 11 is 0. The van der Waals surface area contributed by atoms with E-state index < -0.39 is 0 Å². The van der Waals surface area contributed by atoms with Crippen molar-refractivity contribution in [1.29, 1.82) is 0 Å². The maximum absolute atomic E-state index is 9.38. The van der Waals surface area contributed by atoms with Gasteiger partial charge in [0, 0.05) is 19.7 Å². The highest BCUT2D eigenvalue weighted by molar-refractivity contribution is 5.50. The second-order valence-corrected chi connectivity index (χ2v) is 3.52. The van der Waals surface area contributed by atoms with Crippen molar-refractivity contribution in [1.82, 2.24) is 9.97 Å². The van der Waals surface area contributed by atoms with Crippen LogP contribution in [0.2, 0.25) is 0 Å². The molecule has 6 heteroatoms. The average Bonchev–Trinajstić information content (AvgIpc) is 2.28. The van der Waals surface area contributed by atoms with E-state index in [-0.39, 0.29) is 12.1 Å². The number of rotatable bonds is 6. The molecule has 0 saturated carbocycles. The number of aliphatic hydroxyl groups is 1. The van der Waals surface area contributed by atoms with Crippen LogP contribution in [0.1, 0.15) is 19.8 Å². The molecule has 1 atom stereocenters. The number of hydrogen-bond donors (Lipinski definition) is 4. The van der Waals surface area contributed by atoms with Gasteiger partial charge >= 0.3 is 0 Å². The van der Waals surface area contributed by atoms with E-state index in [4.69, 9.17) is 5.73 Å². The lowest BCUT2D eigenvalue weighted by Crippen LogP contribution is -2.13. The molecular weight excluding hydrogens is 206 g/mol. The zero-order chi connectivity index (χ0) is 12.0. The SMILES string of the molecule is CCC(O)CCNc1cc(NC)nc(N)n1. The summed E-state index contributed by atoms with van der Waals surface area (Å²) < 4.78 is 0. The fraction of sp³-hybridized carbons (Fsp3) is 0.600. The Morgan fingerprint density at radius 3 is 2.75 bits per heavy atom. The molecule has 5 N–H and O–H groups in total. The third-order valence-corrected chi connectivity index (χ3v) is 2.25. The molecule has 0 aliphatic rings. The maximum Gasteiger partial charge on any atom is 0.223 e. The first-order chi connectivity index (χ1) is 7.65. The smallest absolute Gasteiger partial charge is 0.223 e. The lowest BCUT2D eigenvalue weighted by Gasteiger charge is -2.10. The summed E-state index contributed by atoms with van der Waals surface area (Å²) in [4.78, 5) is 8.02. The molecule has 16 heavy (non-hydrogen) atoms. The Morgan fingerprint density at radius 1 is 1.44 bits per heavy atom. The first-order valence-electron chi connectivity index (χ1n) is 5.40. The van der Waals surface area contributed by atoms with E-state index in [1.807, 2.05) is 6.92 Å². The fourth-order valence-corrected chi connectivity index (χ4v) is 1.26. The molecule has 0 spiro atoms. The number of nitrogens with one attached hydrogen (secondary N) is 2. The molecule has 0 amide bonds. The zero-order valence-electron chi connectivity index (χ0n) is 9.70. The van der Waals surface area contributed by atoms with Crippen LogP contribution in [0.15, 0.2) is 6.07 Å². The summed E-state index contributed by atoms with van der Waals surface area (Å²) in [5, 5.41) is 15.4. The summed E-state index contributed by atoms with van der Waals surface area (Å²) in [5.41, 5.74) is 5.54.